The Morgan fingerprint density at radius 2 is 1.64 bits per heavy atom. The summed E-state index contributed by atoms with van der Waals surface area (Å²) < 4.78 is 0. The first-order valence-electron chi connectivity index (χ1n) is 9.89. The Hall–Kier alpha value is -2.66. The van der Waals surface area contributed by atoms with E-state index in [1.807, 2.05) is 72.5 Å². The van der Waals surface area contributed by atoms with Gasteiger partial charge in [-0.2, -0.15) is 0 Å². The predicted octanol–water partition coefficient (Wildman–Crippen LogP) is 2.29. The van der Waals surface area contributed by atoms with E-state index in [4.69, 9.17) is 0 Å². The molecule has 0 aliphatic carbocycles. The lowest BCUT2D eigenvalue weighted by atomic mass is 9.66. The molecular weight excluding hydrogens is 352 g/mol. The molecule has 1 aliphatic rings. The number of carbonyl (C=O) groups is 2. The second-order valence-corrected chi connectivity index (χ2v) is 7.23. The van der Waals surface area contributed by atoms with Crippen LogP contribution >= 0.6 is 0 Å². The molecule has 0 spiro atoms. The number of hydrogen-bond acceptors (Lipinski definition) is 3. The van der Waals surface area contributed by atoms with Gasteiger partial charge < -0.3 is 14.9 Å². The lowest BCUT2D eigenvalue weighted by molar-refractivity contribution is -0.131. The van der Waals surface area contributed by atoms with Gasteiger partial charge in [0, 0.05) is 32.1 Å². The minimum absolute atomic E-state index is 0.0332. The molecule has 5 nitrogen and oxygen atoms in total. The van der Waals surface area contributed by atoms with Gasteiger partial charge in [-0.15, -0.1) is 0 Å². The Balaban J connectivity index is 2.07. The van der Waals surface area contributed by atoms with Crippen LogP contribution in [0.1, 0.15) is 24.5 Å². The molecule has 1 fully saturated rings. The van der Waals surface area contributed by atoms with Crippen LogP contribution in [0.5, 0.6) is 0 Å². The molecule has 0 saturated carbocycles. The number of likely N-dealkylation sites (N-methyl/N-ethyl adjacent to an activating group) is 1. The number of hydrogen-bond donors (Lipinski definition) is 1. The normalized spacial score (nSPS) is 18.3. The third kappa shape index (κ3) is 3.54. The zero-order valence-electron chi connectivity index (χ0n) is 16.3. The van der Waals surface area contributed by atoms with Crippen molar-refractivity contribution in [2.24, 2.45) is 5.92 Å². The van der Waals surface area contributed by atoms with Crippen LogP contribution in [0.3, 0.4) is 0 Å². The predicted molar refractivity (Wildman–Crippen MR) is 109 cm³/mol. The van der Waals surface area contributed by atoms with Crippen LogP contribution in [-0.2, 0) is 15.0 Å². The maximum absolute atomic E-state index is 13.7. The highest BCUT2D eigenvalue weighted by molar-refractivity contribution is 5.94. The first-order chi connectivity index (χ1) is 13.7. The Bertz CT molecular complexity index is 739. The van der Waals surface area contributed by atoms with E-state index in [2.05, 4.69) is 0 Å². The summed E-state index contributed by atoms with van der Waals surface area (Å²) in [6.07, 6.45) is 1.46. The lowest BCUT2D eigenvalue weighted by Gasteiger charge is -2.35. The summed E-state index contributed by atoms with van der Waals surface area (Å²) in [5.74, 6) is 0.156. The fourth-order valence-electron chi connectivity index (χ4n) is 4.44. The summed E-state index contributed by atoms with van der Waals surface area (Å²) in [5.41, 5.74) is 1.23. The fourth-order valence-corrected chi connectivity index (χ4v) is 4.44. The number of aliphatic hydroxyl groups excluding tert-OH is 1. The van der Waals surface area contributed by atoms with E-state index in [0.717, 1.165) is 17.5 Å². The van der Waals surface area contributed by atoms with Gasteiger partial charge in [0.15, 0.2) is 0 Å². The zero-order valence-corrected chi connectivity index (χ0v) is 16.3. The molecule has 1 unspecified atom stereocenters. The van der Waals surface area contributed by atoms with Crippen LogP contribution in [-0.4, -0.2) is 60.0 Å². The number of rotatable bonds is 9. The van der Waals surface area contributed by atoms with Crippen molar-refractivity contribution in [2.45, 2.75) is 18.8 Å². The number of nitrogens with zero attached hydrogens (tertiary/aromatic N) is 2. The topological polar surface area (TPSA) is 60.9 Å². The number of benzene rings is 2. The van der Waals surface area contributed by atoms with Gasteiger partial charge in [0.25, 0.3) is 0 Å². The number of carbonyl (C=O) groups excluding carboxylic acids is 2. The molecule has 1 heterocycles. The molecular formula is C23H28N2O3. The Kier molecular flexibility index (Phi) is 6.47. The Labute approximate surface area is 166 Å². The molecule has 1 N–H and O–H groups in total. The highest BCUT2D eigenvalue weighted by atomic mass is 16.3. The van der Waals surface area contributed by atoms with E-state index in [9.17, 15) is 14.7 Å². The molecule has 5 heteroatoms. The van der Waals surface area contributed by atoms with Gasteiger partial charge in [-0.3, -0.25) is 9.59 Å². The molecule has 148 valence electrons. The molecule has 2 aromatic rings. The molecule has 3 rings (SSSR count). The highest BCUT2D eigenvalue weighted by Gasteiger charge is 2.55. The average molecular weight is 380 g/mol. The number of amides is 2. The highest BCUT2D eigenvalue weighted by Crippen LogP contribution is 2.47. The van der Waals surface area contributed by atoms with Crippen LogP contribution in [0.25, 0.3) is 0 Å². The van der Waals surface area contributed by atoms with Crippen LogP contribution in [0.2, 0.25) is 0 Å². The number of likely N-dealkylation sites (tertiary alicyclic amines) is 1. The maximum atomic E-state index is 13.7. The Morgan fingerprint density at radius 1 is 1.07 bits per heavy atom. The van der Waals surface area contributed by atoms with Gasteiger partial charge in [-0.1, -0.05) is 60.7 Å². The first kappa shape index (κ1) is 20.1. The monoisotopic (exact) mass is 380 g/mol. The average Bonchev–Trinajstić information content (AvgIpc) is 3.04. The molecule has 1 atom stereocenters. The van der Waals surface area contributed by atoms with Crippen molar-refractivity contribution in [1.29, 1.82) is 0 Å². The van der Waals surface area contributed by atoms with Crippen molar-refractivity contribution in [1.82, 2.24) is 9.80 Å². The van der Waals surface area contributed by atoms with Crippen molar-refractivity contribution >= 4 is 12.3 Å². The third-order valence-electron chi connectivity index (χ3n) is 5.82. The SMILES string of the molecule is CCN1CC(CCN(C=O)CCO)C(c2ccccc2)(c2ccccc2)C1=O. The standard InChI is InChI=1S/C23H28N2O3/c1-2-25-17-21(13-14-24(18-27)15-16-26)23(22(25)28,19-9-5-3-6-10-19)20-11-7-4-8-12-20/h3-12,18,21,26H,2,13-17H2,1H3. The van der Waals surface area contributed by atoms with Crippen LogP contribution in [0.15, 0.2) is 60.7 Å². The fraction of sp³-hybridized carbons (Fsp3) is 0.391. The molecule has 2 amide bonds. The first-order valence-corrected chi connectivity index (χ1v) is 9.89. The van der Waals surface area contributed by atoms with E-state index in [1.165, 1.54) is 0 Å². The van der Waals surface area contributed by atoms with Gasteiger partial charge in [-0.05, 0) is 24.5 Å². The van der Waals surface area contributed by atoms with E-state index in [0.29, 0.717) is 32.6 Å². The second-order valence-electron chi connectivity index (χ2n) is 7.23. The summed E-state index contributed by atoms with van der Waals surface area (Å²) in [5, 5.41) is 9.18. The van der Waals surface area contributed by atoms with Crippen molar-refractivity contribution in [3.63, 3.8) is 0 Å². The molecule has 0 radical (unpaired) electrons. The van der Waals surface area contributed by atoms with E-state index in [1.54, 1.807) is 4.90 Å². The molecule has 2 aromatic carbocycles. The van der Waals surface area contributed by atoms with Gasteiger partial charge >= 0.3 is 0 Å². The minimum atomic E-state index is -0.758. The van der Waals surface area contributed by atoms with E-state index < -0.39 is 5.41 Å². The molecule has 0 bridgehead atoms. The summed E-state index contributed by atoms with van der Waals surface area (Å²) in [4.78, 5) is 28.5. The van der Waals surface area contributed by atoms with Crippen LogP contribution < -0.4 is 0 Å². The van der Waals surface area contributed by atoms with Gasteiger partial charge in [-0.25, -0.2) is 0 Å². The Morgan fingerprint density at radius 3 is 2.11 bits per heavy atom. The maximum Gasteiger partial charge on any atom is 0.238 e. The number of aliphatic hydroxyl groups is 1. The summed E-state index contributed by atoms with van der Waals surface area (Å²) in [6, 6.07) is 19.9. The molecule has 28 heavy (non-hydrogen) atoms. The van der Waals surface area contributed by atoms with Crippen molar-refractivity contribution in [2.75, 3.05) is 32.8 Å². The van der Waals surface area contributed by atoms with E-state index >= 15 is 0 Å². The van der Waals surface area contributed by atoms with E-state index in [-0.39, 0.29) is 18.4 Å². The van der Waals surface area contributed by atoms with Crippen molar-refractivity contribution in [3.8, 4) is 0 Å². The van der Waals surface area contributed by atoms with Gasteiger partial charge in [0.1, 0.15) is 5.41 Å². The molecule has 1 aliphatic heterocycles. The van der Waals surface area contributed by atoms with Gasteiger partial charge in [0.2, 0.25) is 12.3 Å². The largest absolute Gasteiger partial charge is 0.395 e. The lowest BCUT2D eigenvalue weighted by Crippen LogP contribution is -2.43. The summed E-state index contributed by atoms with van der Waals surface area (Å²) in [6.45, 7) is 4.08. The van der Waals surface area contributed by atoms with Crippen molar-refractivity contribution < 1.29 is 14.7 Å². The summed E-state index contributed by atoms with van der Waals surface area (Å²) in [7, 11) is 0. The minimum Gasteiger partial charge on any atom is -0.395 e. The quantitative estimate of drug-likeness (QED) is 0.679. The second kappa shape index (κ2) is 9.02. The van der Waals surface area contributed by atoms with Crippen molar-refractivity contribution in [3.05, 3.63) is 71.8 Å². The smallest absolute Gasteiger partial charge is 0.238 e. The van der Waals surface area contributed by atoms with Crippen LogP contribution in [0, 0.1) is 5.92 Å². The molecule has 0 aromatic heterocycles. The molecule has 1 saturated heterocycles. The summed E-state index contributed by atoms with van der Waals surface area (Å²) >= 11 is 0. The zero-order chi connectivity index (χ0) is 20.0. The van der Waals surface area contributed by atoms with Gasteiger partial charge in [0.05, 0.1) is 6.61 Å². The third-order valence-corrected chi connectivity index (χ3v) is 5.82. The van der Waals surface area contributed by atoms with Crippen LogP contribution in [0.4, 0.5) is 0 Å².